The third kappa shape index (κ3) is 5.85. The van der Waals surface area contributed by atoms with E-state index in [1.807, 2.05) is 0 Å². The van der Waals surface area contributed by atoms with Crippen LogP contribution in [0.15, 0.2) is 255 Å². The Bertz CT molecular complexity index is 3460. The summed E-state index contributed by atoms with van der Waals surface area (Å²) in [6, 6.07) is 94.3. The summed E-state index contributed by atoms with van der Waals surface area (Å²) in [5.41, 5.74) is 11.9. The second-order valence-electron chi connectivity index (χ2n) is 16.4. The van der Waals surface area contributed by atoms with Gasteiger partial charge in [0.05, 0.1) is 27.8 Å². The van der Waals surface area contributed by atoms with E-state index in [-0.39, 0.29) is 0 Å². The summed E-state index contributed by atoms with van der Waals surface area (Å²) >= 11 is 0. The third-order valence-corrected chi connectivity index (χ3v) is 17.9. The van der Waals surface area contributed by atoms with Crippen molar-refractivity contribution in [2.75, 3.05) is 0 Å². The summed E-state index contributed by atoms with van der Waals surface area (Å²) in [6.07, 6.45) is 0. The lowest BCUT2D eigenvalue weighted by Crippen LogP contribution is -2.75. The second-order valence-corrected chi connectivity index (χ2v) is 20.2. The number of aromatic nitrogens is 2. The van der Waals surface area contributed by atoms with Crippen LogP contribution in [0.1, 0.15) is 0 Å². The van der Waals surface area contributed by atoms with E-state index >= 15 is 0 Å². The molecular formula is C60H42N2Si. The number of rotatable bonds is 8. The smallest absolute Gasteiger partial charge is 0.180 e. The monoisotopic (exact) mass is 818 g/mol. The van der Waals surface area contributed by atoms with E-state index in [0.29, 0.717) is 0 Å². The highest BCUT2D eigenvalue weighted by Gasteiger charge is 2.42. The van der Waals surface area contributed by atoms with E-state index < -0.39 is 8.07 Å². The van der Waals surface area contributed by atoms with Crippen molar-refractivity contribution in [3.63, 3.8) is 0 Å². The first-order valence-electron chi connectivity index (χ1n) is 21.8. The Labute approximate surface area is 368 Å². The maximum atomic E-state index is 2.48. The van der Waals surface area contributed by atoms with E-state index in [0.717, 1.165) is 11.4 Å². The predicted octanol–water partition coefficient (Wildman–Crippen LogP) is 12.6. The fourth-order valence-corrected chi connectivity index (χ4v) is 15.4. The van der Waals surface area contributed by atoms with Crippen LogP contribution in [0.3, 0.4) is 0 Å². The minimum atomic E-state index is -2.85. The zero-order valence-corrected chi connectivity index (χ0v) is 35.6. The Hall–Kier alpha value is -7.98. The van der Waals surface area contributed by atoms with E-state index in [4.69, 9.17) is 0 Å². The van der Waals surface area contributed by atoms with Gasteiger partial charge in [-0.1, -0.05) is 206 Å². The molecule has 0 saturated heterocycles. The molecule has 0 fully saturated rings. The molecule has 12 aromatic rings. The number of fused-ring (bicyclic) bond motifs is 6. The highest BCUT2D eigenvalue weighted by Crippen LogP contribution is 2.40. The summed E-state index contributed by atoms with van der Waals surface area (Å²) in [4.78, 5) is 0. The topological polar surface area (TPSA) is 9.86 Å². The van der Waals surface area contributed by atoms with Crippen LogP contribution in [0.2, 0.25) is 0 Å². The standard InChI is InChI=1S/C60H42N2Si/c1-5-21-43(22-6-1)49-29-13-17-33-55(49)62-58-39-37-44(41-53(58)54-42-45(38-40-59(54)62)61-56-34-18-14-31-51(56)52-32-15-19-35-57(52)61)50-30-16-20-36-60(50)63(46-23-7-2-8-24-46,47-25-9-3-10-26-47)48-27-11-4-12-28-48/h1-42H. The van der Waals surface area contributed by atoms with Crippen molar-refractivity contribution in [2.24, 2.45) is 0 Å². The van der Waals surface area contributed by atoms with Crippen LogP contribution < -0.4 is 20.7 Å². The van der Waals surface area contributed by atoms with Crippen molar-refractivity contribution in [1.29, 1.82) is 0 Å². The predicted molar refractivity (Wildman–Crippen MR) is 270 cm³/mol. The number of hydrogen-bond acceptors (Lipinski definition) is 0. The SMILES string of the molecule is c1ccc(-c2ccccc2-n2c3ccc(-c4ccccc4[Si](c4ccccc4)(c4ccccc4)c4ccccc4)cc3c3cc(-n4c5ccccc5c5ccccc54)ccc32)cc1. The van der Waals surface area contributed by atoms with Gasteiger partial charge >= 0.3 is 0 Å². The summed E-state index contributed by atoms with van der Waals surface area (Å²) in [6.45, 7) is 0. The van der Waals surface area contributed by atoms with Crippen molar-refractivity contribution in [1.82, 2.24) is 9.13 Å². The molecule has 0 amide bonds. The summed E-state index contributed by atoms with van der Waals surface area (Å²) in [5.74, 6) is 0. The molecule has 0 aliphatic carbocycles. The van der Waals surface area contributed by atoms with Crippen LogP contribution in [-0.4, -0.2) is 17.2 Å². The van der Waals surface area contributed by atoms with Crippen LogP contribution in [-0.2, 0) is 0 Å². The van der Waals surface area contributed by atoms with Crippen molar-refractivity contribution in [3.8, 4) is 33.6 Å². The van der Waals surface area contributed by atoms with Crippen molar-refractivity contribution in [3.05, 3.63) is 255 Å². The number of nitrogens with zero attached hydrogens (tertiary/aromatic N) is 2. The molecule has 3 heteroatoms. The zero-order chi connectivity index (χ0) is 41.7. The van der Waals surface area contributed by atoms with Gasteiger partial charge < -0.3 is 9.13 Å². The van der Waals surface area contributed by atoms with Gasteiger partial charge in [0.15, 0.2) is 8.07 Å². The molecule has 10 aromatic carbocycles. The summed E-state index contributed by atoms with van der Waals surface area (Å²) in [5, 5.41) is 10.4. The van der Waals surface area contributed by atoms with Crippen LogP contribution in [0, 0.1) is 0 Å². The Morgan fingerprint density at radius 1 is 0.270 bits per heavy atom. The summed E-state index contributed by atoms with van der Waals surface area (Å²) < 4.78 is 4.92. The highest BCUT2D eigenvalue weighted by molar-refractivity contribution is 7.20. The maximum absolute atomic E-state index is 2.85. The third-order valence-electron chi connectivity index (χ3n) is 13.1. The molecule has 0 spiro atoms. The Balaban J connectivity index is 1.16. The molecule has 0 radical (unpaired) electrons. The minimum Gasteiger partial charge on any atom is -0.309 e. The quantitative estimate of drug-likeness (QED) is 0.107. The lowest BCUT2D eigenvalue weighted by molar-refractivity contribution is 1.17. The molecule has 12 rings (SSSR count). The highest BCUT2D eigenvalue weighted by atomic mass is 28.3. The van der Waals surface area contributed by atoms with Gasteiger partial charge in [-0.25, -0.2) is 0 Å². The molecular weight excluding hydrogens is 777 g/mol. The Morgan fingerprint density at radius 3 is 1.32 bits per heavy atom. The first-order valence-corrected chi connectivity index (χ1v) is 23.8. The number of para-hydroxylation sites is 3. The first-order chi connectivity index (χ1) is 31.3. The van der Waals surface area contributed by atoms with Gasteiger partial charge in [0, 0.05) is 32.8 Å². The van der Waals surface area contributed by atoms with Crippen molar-refractivity contribution in [2.45, 2.75) is 0 Å². The molecule has 0 unspecified atom stereocenters. The van der Waals surface area contributed by atoms with E-state index in [1.165, 1.54) is 86.6 Å². The lowest BCUT2D eigenvalue weighted by atomic mass is 10.0. The fraction of sp³-hybridized carbons (Fsp3) is 0. The normalized spacial score (nSPS) is 11.8. The molecule has 2 heterocycles. The van der Waals surface area contributed by atoms with Crippen molar-refractivity contribution < 1.29 is 0 Å². The van der Waals surface area contributed by atoms with Gasteiger partial charge in [-0.3, -0.25) is 0 Å². The van der Waals surface area contributed by atoms with E-state index in [2.05, 4.69) is 264 Å². The van der Waals surface area contributed by atoms with Gasteiger partial charge in [0.1, 0.15) is 0 Å². The van der Waals surface area contributed by atoms with Gasteiger partial charge in [-0.2, -0.15) is 0 Å². The molecule has 0 saturated carbocycles. The molecule has 2 nitrogen and oxygen atoms in total. The van der Waals surface area contributed by atoms with Crippen LogP contribution in [0.4, 0.5) is 0 Å². The van der Waals surface area contributed by atoms with Crippen LogP contribution in [0.5, 0.6) is 0 Å². The fourth-order valence-electron chi connectivity index (χ4n) is 10.4. The van der Waals surface area contributed by atoms with Crippen molar-refractivity contribution >= 4 is 72.4 Å². The Morgan fingerprint density at radius 2 is 0.714 bits per heavy atom. The molecule has 0 aliphatic heterocycles. The van der Waals surface area contributed by atoms with Gasteiger partial charge in [0.25, 0.3) is 0 Å². The van der Waals surface area contributed by atoms with Gasteiger partial charge in [0.2, 0.25) is 0 Å². The Kier molecular flexibility index (Phi) is 8.87. The largest absolute Gasteiger partial charge is 0.309 e. The molecule has 0 N–H and O–H groups in total. The number of benzene rings is 10. The molecule has 2 aromatic heterocycles. The van der Waals surface area contributed by atoms with E-state index in [9.17, 15) is 0 Å². The minimum absolute atomic E-state index is 1.14. The number of hydrogen-bond donors (Lipinski definition) is 0. The molecule has 63 heavy (non-hydrogen) atoms. The molecule has 0 atom stereocenters. The van der Waals surface area contributed by atoms with Crippen LogP contribution in [0.25, 0.3) is 77.2 Å². The maximum Gasteiger partial charge on any atom is 0.180 e. The molecule has 296 valence electrons. The van der Waals surface area contributed by atoms with E-state index in [1.54, 1.807) is 0 Å². The molecule has 0 aliphatic rings. The van der Waals surface area contributed by atoms with Gasteiger partial charge in [-0.15, -0.1) is 0 Å². The zero-order valence-electron chi connectivity index (χ0n) is 34.6. The lowest BCUT2D eigenvalue weighted by Gasteiger charge is -2.36. The molecule has 0 bridgehead atoms. The average molecular weight is 819 g/mol. The van der Waals surface area contributed by atoms with Gasteiger partial charge in [-0.05, 0) is 86.0 Å². The van der Waals surface area contributed by atoms with Crippen LogP contribution >= 0.6 is 0 Å². The average Bonchev–Trinajstić information content (AvgIpc) is 3.88. The first kappa shape index (κ1) is 36.8. The summed E-state index contributed by atoms with van der Waals surface area (Å²) in [7, 11) is -2.85. The second kappa shape index (κ2) is 15.2.